The van der Waals surface area contributed by atoms with E-state index < -0.39 is 5.91 Å². The molecule has 0 saturated carbocycles. The van der Waals surface area contributed by atoms with E-state index in [0.29, 0.717) is 17.8 Å². The highest BCUT2D eigenvalue weighted by molar-refractivity contribution is 5.98. The minimum Gasteiger partial charge on any atom is -0.366 e. The van der Waals surface area contributed by atoms with Gasteiger partial charge in [-0.05, 0) is 12.6 Å². The number of rotatable bonds is 6. The summed E-state index contributed by atoms with van der Waals surface area (Å²) in [5.74, 6) is -0.745. The fourth-order valence-corrected chi connectivity index (χ4v) is 1.46. The van der Waals surface area contributed by atoms with Crippen molar-refractivity contribution in [1.29, 1.82) is 0 Å². The van der Waals surface area contributed by atoms with Crippen molar-refractivity contribution in [2.45, 2.75) is 6.92 Å². The van der Waals surface area contributed by atoms with E-state index >= 15 is 0 Å². The second-order valence-corrected chi connectivity index (χ2v) is 3.70. The zero-order valence-corrected chi connectivity index (χ0v) is 11.3. The first-order valence-corrected chi connectivity index (χ1v) is 5.51. The van der Waals surface area contributed by atoms with Crippen LogP contribution in [0.5, 0.6) is 0 Å². The van der Waals surface area contributed by atoms with Crippen molar-refractivity contribution in [2.75, 3.05) is 19.6 Å². The lowest BCUT2D eigenvalue weighted by Gasteiger charge is -2.05. The van der Waals surface area contributed by atoms with Gasteiger partial charge in [0.15, 0.2) is 0 Å². The molecule has 1 heterocycles. The Morgan fingerprint density at radius 3 is 2.56 bits per heavy atom. The first-order valence-electron chi connectivity index (χ1n) is 5.51. The lowest BCUT2D eigenvalue weighted by molar-refractivity contribution is 0.0945. The second kappa shape index (κ2) is 7.73. The molecule has 0 radical (unpaired) electrons. The highest BCUT2D eigenvalue weighted by Crippen LogP contribution is 2.06. The number of carbonyl (C=O) groups is 2. The topological polar surface area (TPSA) is 89.2 Å². The summed E-state index contributed by atoms with van der Waals surface area (Å²) in [4.78, 5) is 22.7. The van der Waals surface area contributed by atoms with Crippen LogP contribution in [0.15, 0.2) is 12.3 Å². The average molecular weight is 275 g/mol. The Balaban J connectivity index is 0.00000289. The van der Waals surface area contributed by atoms with Crippen molar-refractivity contribution in [1.82, 2.24) is 15.2 Å². The maximum Gasteiger partial charge on any atom is 0.267 e. The number of aryl methyl sites for hydroxylation is 1. The Labute approximate surface area is 112 Å². The van der Waals surface area contributed by atoms with Crippen LogP contribution in [-0.2, 0) is 7.05 Å². The molecule has 0 bridgehead atoms. The van der Waals surface area contributed by atoms with Crippen LogP contribution < -0.4 is 16.4 Å². The maximum atomic E-state index is 11.8. The van der Waals surface area contributed by atoms with E-state index in [1.165, 1.54) is 6.07 Å². The summed E-state index contributed by atoms with van der Waals surface area (Å²) in [6.45, 7) is 4.13. The molecule has 0 atom stereocenters. The average Bonchev–Trinajstić information content (AvgIpc) is 2.67. The highest BCUT2D eigenvalue weighted by Gasteiger charge is 2.13. The molecule has 7 heteroatoms. The number of carbonyl (C=O) groups excluding carboxylic acids is 2. The third-order valence-corrected chi connectivity index (χ3v) is 2.36. The van der Waals surface area contributed by atoms with Gasteiger partial charge in [-0.15, -0.1) is 12.4 Å². The molecule has 102 valence electrons. The van der Waals surface area contributed by atoms with Gasteiger partial charge in [0.1, 0.15) is 5.69 Å². The summed E-state index contributed by atoms with van der Waals surface area (Å²) in [6.07, 6.45) is 1.54. The number of nitrogens with one attached hydrogen (secondary N) is 2. The zero-order valence-electron chi connectivity index (χ0n) is 10.5. The summed E-state index contributed by atoms with van der Waals surface area (Å²) in [5, 5.41) is 5.85. The predicted molar refractivity (Wildman–Crippen MR) is 72.1 cm³/mol. The molecule has 1 aromatic rings. The molecule has 4 N–H and O–H groups in total. The van der Waals surface area contributed by atoms with Crippen LogP contribution in [0.3, 0.4) is 0 Å². The molecule has 1 rings (SSSR count). The molecule has 0 aromatic carbocycles. The van der Waals surface area contributed by atoms with Crippen LogP contribution in [0.2, 0.25) is 0 Å². The van der Waals surface area contributed by atoms with Crippen LogP contribution in [-0.4, -0.2) is 36.0 Å². The Bertz CT molecular complexity index is 417. The highest BCUT2D eigenvalue weighted by atomic mass is 35.5. The summed E-state index contributed by atoms with van der Waals surface area (Å²) in [6, 6.07) is 1.49. The lowest BCUT2D eigenvalue weighted by Crippen LogP contribution is -2.32. The third kappa shape index (κ3) is 4.38. The van der Waals surface area contributed by atoms with E-state index in [-0.39, 0.29) is 18.3 Å². The van der Waals surface area contributed by atoms with E-state index in [4.69, 9.17) is 5.73 Å². The number of nitrogens with two attached hydrogens (primary N) is 1. The third-order valence-electron chi connectivity index (χ3n) is 2.36. The van der Waals surface area contributed by atoms with Gasteiger partial charge in [-0.3, -0.25) is 9.59 Å². The quantitative estimate of drug-likeness (QED) is 0.632. The van der Waals surface area contributed by atoms with E-state index in [0.717, 1.165) is 13.1 Å². The molecule has 18 heavy (non-hydrogen) atoms. The minimum absolute atomic E-state index is 0. The monoisotopic (exact) mass is 274 g/mol. The van der Waals surface area contributed by atoms with Crippen LogP contribution in [0.25, 0.3) is 0 Å². The van der Waals surface area contributed by atoms with Gasteiger partial charge in [0, 0.05) is 26.3 Å². The summed E-state index contributed by atoms with van der Waals surface area (Å²) in [7, 11) is 1.70. The number of amides is 2. The molecule has 0 aliphatic heterocycles. The van der Waals surface area contributed by atoms with Crippen molar-refractivity contribution in [2.24, 2.45) is 12.8 Å². The van der Waals surface area contributed by atoms with Crippen LogP contribution in [0.4, 0.5) is 0 Å². The molecule has 0 saturated heterocycles. The van der Waals surface area contributed by atoms with Crippen LogP contribution in [0, 0.1) is 0 Å². The van der Waals surface area contributed by atoms with Gasteiger partial charge >= 0.3 is 0 Å². The second-order valence-electron chi connectivity index (χ2n) is 3.70. The number of primary amides is 1. The molecule has 0 aliphatic rings. The van der Waals surface area contributed by atoms with Gasteiger partial charge in [0.2, 0.25) is 5.91 Å². The Morgan fingerprint density at radius 1 is 1.39 bits per heavy atom. The fraction of sp³-hybridized carbons (Fsp3) is 0.455. The SMILES string of the molecule is CCNCCNC(=O)c1cc(C(N)=O)cn1C.Cl. The predicted octanol–water partition coefficient (Wildman–Crippen LogP) is -0.115. The van der Waals surface area contributed by atoms with Crippen LogP contribution in [0.1, 0.15) is 27.8 Å². The van der Waals surface area contributed by atoms with Crippen molar-refractivity contribution in [3.63, 3.8) is 0 Å². The van der Waals surface area contributed by atoms with E-state index in [1.54, 1.807) is 17.8 Å². The number of nitrogens with zero attached hydrogens (tertiary/aromatic N) is 1. The number of aromatic nitrogens is 1. The molecule has 0 aliphatic carbocycles. The maximum absolute atomic E-state index is 11.8. The van der Waals surface area contributed by atoms with Crippen molar-refractivity contribution < 1.29 is 9.59 Å². The summed E-state index contributed by atoms with van der Waals surface area (Å²) >= 11 is 0. The summed E-state index contributed by atoms with van der Waals surface area (Å²) < 4.78 is 1.59. The smallest absolute Gasteiger partial charge is 0.267 e. The molecule has 6 nitrogen and oxygen atoms in total. The van der Waals surface area contributed by atoms with Crippen molar-refractivity contribution in [3.8, 4) is 0 Å². The summed E-state index contributed by atoms with van der Waals surface area (Å²) in [5.41, 5.74) is 5.91. The van der Waals surface area contributed by atoms with Gasteiger partial charge in [-0.2, -0.15) is 0 Å². The first kappa shape index (κ1) is 16.5. The number of likely N-dealkylation sites (N-methyl/N-ethyl adjacent to an activating group) is 1. The first-order chi connectivity index (χ1) is 8.06. The zero-order chi connectivity index (χ0) is 12.8. The molecule has 0 spiro atoms. The Morgan fingerprint density at radius 2 is 2.06 bits per heavy atom. The van der Waals surface area contributed by atoms with Crippen LogP contribution >= 0.6 is 12.4 Å². The fourth-order valence-electron chi connectivity index (χ4n) is 1.46. The standard InChI is InChI=1S/C11H18N4O2.ClH/c1-3-13-4-5-14-11(17)9-6-8(10(12)16)7-15(9)2;/h6-7,13H,3-5H2,1-2H3,(H2,12,16)(H,14,17);1H. The van der Waals surface area contributed by atoms with Crippen molar-refractivity contribution >= 4 is 24.2 Å². The Hall–Kier alpha value is -1.53. The van der Waals surface area contributed by atoms with Gasteiger partial charge < -0.3 is 20.9 Å². The molecule has 2 amide bonds. The number of hydrogen-bond donors (Lipinski definition) is 3. The van der Waals surface area contributed by atoms with E-state index in [1.807, 2.05) is 6.92 Å². The van der Waals surface area contributed by atoms with Gasteiger partial charge in [-0.1, -0.05) is 6.92 Å². The largest absolute Gasteiger partial charge is 0.366 e. The van der Waals surface area contributed by atoms with Gasteiger partial charge in [-0.25, -0.2) is 0 Å². The lowest BCUT2D eigenvalue weighted by atomic mass is 10.3. The molecular formula is C11H19ClN4O2. The van der Waals surface area contributed by atoms with Gasteiger partial charge in [0.05, 0.1) is 5.56 Å². The molecule has 0 fully saturated rings. The molecule has 0 unspecified atom stereocenters. The van der Waals surface area contributed by atoms with Crippen molar-refractivity contribution in [3.05, 3.63) is 23.5 Å². The number of halogens is 1. The number of hydrogen-bond acceptors (Lipinski definition) is 3. The minimum atomic E-state index is -0.535. The molecular weight excluding hydrogens is 256 g/mol. The van der Waals surface area contributed by atoms with E-state index in [2.05, 4.69) is 10.6 Å². The normalized spacial score (nSPS) is 9.67. The van der Waals surface area contributed by atoms with Gasteiger partial charge in [0.25, 0.3) is 5.91 Å². The Kier molecular flexibility index (Phi) is 7.07. The molecule has 1 aromatic heterocycles. The van der Waals surface area contributed by atoms with E-state index in [9.17, 15) is 9.59 Å².